The summed E-state index contributed by atoms with van der Waals surface area (Å²) in [6.07, 6.45) is 26.0. The molecule has 3 nitrogen and oxygen atoms in total. The number of carboxylic acid groups (broad SMARTS) is 1. The maximum Gasteiger partial charge on any atom is 0.303 e. The maximum absolute atomic E-state index is 10.5. The number of rotatable bonds is 21. The molecule has 35 heavy (non-hydrogen) atoms. The Morgan fingerprint density at radius 1 is 0.629 bits per heavy atom. The van der Waals surface area contributed by atoms with Crippen molar-refractivity contribution in [2.45, 2.75) is 129 Å². The summed E-state index contributed by atoms with van der Waals surface area (Å²) < 4.78 is 2.31. The van der Waals surface area contributed by atoms with Crippen LogP contribution in [-0.2, 0) is 11.2 Å². The lowest BCUT2D eigenvalue weighted by atomic mass is 10.0. The van der Waals surface area contributed by atoms with Crippen LogP contribution in [0, 0.1) is 6.92 Å². The molecule has 0 atom stereocenters. The lowest BCUT2D eigenvalue weighted by Crippen LogP contribution is -2.34. The second-order valence-electron chi connectivity index (χ2n) is 10.2. The highest BCUT2D eigenvalue weighted by Crippen LogP contribution is 2.16. The minimum Gasteiger partial charge on any atom is -0.481 e. The fourth-order valence-electron chi connectivity index (χ4n) is 5.01. The summed E-state index contributed by atoms with van der Waals surface area (Å²) >= 11 is 0. The number of nitrogens with zero attached hydrogens (tertiary/aromatic N) is 1. The van der Waals surface area contributed by atoms with Gasteiger partial charge in [0.2, 0.25) is 5.69 Å². The molecule has 0 aliphatic rings. The van der Waals surface area contributed by atoms with Crippen LogP contribution in [-0.4, -0.2) is 11.1 Å². The summed E-state index contributed by atoms with van der Waals surface area (Å²) in [4.78, 5) is 10.5. The van der Waals surface area contributed by atoms with Crippen molar-refractivity contribution in [3.8, 4) is 5.69 Å². The number of hydrogen-bond donors (Lipinski definition) is 1. The molecule has 194 valence electrons. The van der Waals surface area contributed by atoms with Gasteiger partial charge in [-0.2, -0.15) is 4.57 Å². The number of para-hydroxylation sites is 1. The van der Waals surface area contributed by atoms with Crippen molar-refractivity contribution in [2.24, 2.45) is 0 Å². The van der Waals surface area contributed by atoms with Crippen LogP contribution in [0.25, 0.3) is 5.69 Å². The third-order valence-electron chi connectivity index (χ3n) is 7.23. The predicted molar refractivity (Wildman–Crippen MR) is 147 cm³/mol. The first-order valence-corrected chi connectivity index (χ1v) is 14.5. The van der Waals surface area contributed by atoms with Crippen molar-refractivity contribution in [3.05, 3.63) is 59.9 Å². The molecule has 0 amide bonds. The number of aliphatic carboxylic acids is 1. The molecule has 0 aliphatic heterocycles. The van der Waals surface area contributed by atoms with Gasteiger partial charge in [0, 0.05) is 37.1 Å². The first-order valence-electron chi connectivity index (χ1n) is 14.5. The molecule has 1 N–H and O–H groups in total. The van der Waals surface area contributed by atoms with Crippen LogP contribution in [0.4, 0.5) is 0 Å². The number of carboxylic acids is 1. The van der Waals surface area contributed by atoms with Gasteiger partial charge in [0.1, 0.15) is 0 Å². The van der Waals surface area contributed by atoms with E-state index in [1.165, 1.54) is 120 Å². The molecule has 0 saturated heterocycles. The maximum atomic E-state index is 10.5. The largest absolute Gasteiger partial charge is 0.481 e. The van der Waals surface area contributed by atoms with Crippen LogP contribution < -0.4 is 4.57 Å². The number of hydrogen-bond acceptors (Lipinski definition) is 1. The highest BCUT2D eigenvalue weighted by molar-refractivity contribution is 5.66. The van der Waals surface area contributed by atoms with E-state index in [-0.39, 0.29) is 0 Å². The van der Waals surface area contributed by atoms with E-state index in [2.05, 4.69) is 60.2 Å². The highest BCUT2D eigenvalue weighted by atomic mass is 16.4. The van der Waals surface area contributed by atoms with E-state index in [0.717, 1.165) is 12.8 Å². The lowest BCUT2D eigenvalue weighted by molar-refractivity contribution is -0.603. The van der Waals surface area contributed by atoms with Crippen LogP contribution >= 0.6 is 0 Å². The molecule has 0 aliphatic carbocycles. The van der Waals surface area contributed by atoms with Crippen molar-refractivity contribution >= 4 is 5.97 Å². The smallest absolute Gasteiger partial charge is 0.303 e. The zero-order chi connectivity index (χ0) is 25.0. The summed E-state index contributed by atoms with van der Waals surface area (Å²) in [6, 6.07) is 15.1. The predicted octanol–water partition coefficient (Wildman–Crippen LogP) is 8.92. The average molecular weight is 481 g/mol. The van der Waals surface area contributed by atoms with Crippen LogP contribution in [0.1, 0.15) is 127 Å². The molecule has 2 aromatic rings. The minimum absolute atomic E-state index is 0.337. The molecule has 0 spiro atoms. The monoisotopic (exact) mass is 480 g/mol. The number of aryl methyl sites for hydroxylation is 1. The Kier molecular flexibility index (Phi) is 15.8. The first-order chi connectivity index (χ1) is 17.2. The molecule has 3 heteroatoms. The van der Waals surface area contributed by atoms with E-state index in [1.54, 1.807) is 0 Å². The topological polar surface area (TPSA) is 41.2 Å². The van der Waals surface area contributed by atoms with Gasteiger partial charge in [-0.15, -0.1) is 0 Å². The zero-order valence-electron chi connectivity index (χ0n) is 22.4. The number of carbonyl (C=O) groups is 1. The van der Waals surface area contributed by atoms with E-state index in [4.69, 9.17) is 5.11 Å². The number of pyridine rings is 1. The molecule has 2 rings (SSSR count). The summed E-state index contributed by atoms with van der Waals surface area (Å²) in [5.74, 6) is -0.656. The van der Waals surface area contributed by atoms with Crippen molar-refractivity contribution in [3.63, 3.8) is 0 Å². The number of benzene rings is 1. The van der Waals surface area contributed by atoms with Crippen molar-refractivity contribution < 1.29 is 14.5 Å². The molecule has 1 aromatic carbocycles. The second-order valence-corrected chi connectivity index (χ2v) is 10.2. The Labute approximate surface area is 215 Å². The Hall–Kier alpha value is -2.16. The van der Waals surface area contributed by atoms with Crippen molar-refractivity contribution in [2.75, 3.05) is 0 Å². The molecular weight excluding hydrogens is 430 g/mol. The second kappa shape index (κ2) is 19.1. The Balaban J connectivity index is 1.37. The molecular formula is C32H50NO2+. The number of aromatic nitrogens is 1. The van der Waals surface area contributed by atoms with Crippen LogP contribution in [0.2, 0.25) is 0 Å². The lowest BCUT2D eigenvalue weighted by Gasteiger charge is -2.06. The summed E-state index contributed by atoms with van der Waals surface area (Å²) in [6.45, 7) is 2.25. The van der Waals surface area contributed by atoms with E-state index in [9.17, 15) is 4.79 Å². The van der Waals surface area contributed by atoms with Gasteiger partial charge >= 0.3 is 5.97 Å². The Morgan fingerprint density at radius 3 is 1.57 bits per heavy atom. The van der Waals surface area contributed by atoms with E-state index in [0.29, 0.717) is 6.42 Å². The van der Waals surface area contributed by atoms with Crippen molar-refractivity contribution in [1.29, 1.82) is 0 Å². The highest BCUT2D eigenvalue weighted by Gasteiger charge is 2.13. The average Bonchev–Trinajstić information content (AvgIpc) is 2.86. The molecule has 0 unspecified atom stereocenters. The number of unbranched alkanes of at least 4 members (excludes halogenated alkanes) is 16. The van der Waals surface area contributed by atoms with Gasteiger partial charge in [-0.25, -0.2) is 0 Å². The van der Waals surface area contributed by atoms with Gasteiger partial charge in [-0.3, -0.25) is 4.79 Å². The quantitative estimate of drug-likeness (QED) is 0.143. The minimum atomic E-state index is -0.656. The molecule has 0 fully saturated rings. The van der Waals surface area contributed by atoms with Crippen LogP contribution in [0.3, 0.4) is 0 Å². The Morgan fingerprint density at radius 2 is 1.09 bits per heavy atom. The van der Waals surface area contributed by atoms with Gasteiger partial charge in [-0.1, -0.05) is 115 Å². The third kappa shape index (κ3) is 13.5. The molecule has 0 radical (unpaired) electrons. The van der Waals surface area contributed by atoms with Gasteiger partial charge in [0.05, 0.1) is 0 Å². The molecule has 1 heterocycles. The van der Waals surface area contributed by atoms with Gasteiger partial charge in [-0.05, 0) is 25.3 Å². The molecule has 0 saturated carbocycles. The fraction of sp³-hybridized carbons (Fsp3) is 0.625. The summed E-state index contributed by atoms with van der Waals surface area (Å²) in [5, 5.41) is 8.63. The molecule has 1 aromatic heterocycles. The molecule has 0 bridgehead atoms. The zero-order valence-corrected chi connectivity index (χ0v) is 22.4. The SMILES string of the molecule is Cc1c(CCCCCCCCCCCCCCCCCCCC(=O)O)ccc[n+]1-c1ccccc1. The van der Waals surface area contributed by atoms with Crippen LogP contribution in [0.5, 0.6) is 0 Å². The van der Waals surface area contributed by atoms with E-state index in [1.807, 2.05) is 0 Å². The van der Waals surface area contributed by atoms with E-state index < -0.39 is 5.97 Å². The van der Waals surface area contributed by atoms with Gasteiger partial charge in [0.15, 0.2) is 11.9 Å². The van der Waals surface area contributed by atoms with Crippen LogP contribution in [0.15, 0.2) is 48.7 Å². The fourth-order valence-corrected chi connectivity index (χ4v) is 5.01. The van der Waals surface area contributed by atoms with Gasteiger partial charge in [0.25, 0.3) is 0 Å². The van der Waals surface area contributed by atoms with Crippen molar-refractivity contribution in [1.82, 2.24) is 0 Å². The van der Waals surface area contributed by atoms with Gasteiger partial charge < -0.3 is 5.11 Å². The summed E-state index contributed by atoms with van der Waals surface area (Å²) in [5.41, 5.74) is 4.09. The standard InChI is InChI=1S/C32H49NO2/c1-29-30(24-22-28-33(29)31-25-19-17-20-26-31)23-18-15-13-11-9-7-5-3-2-4-6-8-10-12-14-16-21-27-32(34)35/h17,19-20,22,24-26,28H,2-16,18,21,23,27H2,1H3/p+1. The summed E-state index contributed by atoms with van der Waals surface area (Å²) in [7, 11) is 0. The normalized spacial score (nSPS) is 11.1. The van der Waals surface area contributed by atoms with E-state index >= 15 is 0 Å². The Bertz CT molecular complexity index is 802. The third-order valence-corrected chi connectivity index (χ3v) is 7.23. The first kappa shape index (κ1) is 29.1.